The quantitative estimate of drug-likeness (QED) is 0.885. The first-order valence-corrected chi connectivity index (χ1v) is 6.68. The molecule has 0 aliphatic heterocycles. The van der Waals surface area contributed by atoms with Crippen LogP contribution in [0, 0.1) is 0 Å². The number of rotatable bonds is 5. The monoisotopic (exact) mass is 291 g/mol. The van der Waals surface area contributed by atoms with Crippen molar-refractivity contribution in [2.75, 3.05) is 27.1 Å². The van der Waals surface area contributed by atoms with Crippen molar-refractivity contribution in [3.8, 4) is 28.5 Å². The third-order valence-electron chi connectivity index (χ3n) is 3.38. The highest BCUT2D eigenvalue weighted by Gasteiger charge is 2.22. The summed E-state index contributed by atoms with van der Waals surface area (Å²) in [4.78, 5) is 0. The molecule has 3 N–H and O–H groups in total. The van der Waals surface area contributed by atoms with Gasteiger partial charge in [-0.2, -0.15) is 5.10 Å². The molecular weight excluding hydrogens is 270 g/mol. The first kappa shape index (κ1) is 15.0. The van der Waals surface area contributed by atoms with Crippen LogP contribution in [0.5, 0.6) is 17.2 Å². The summed E-state index contributed by atoms with van der Waals surface area (Å²) in [5, 5.41) is 7.10. The first-order valence-electron chi connectivity index (χ1n) is 6.68. The third-order valence-corrected chi connectivity index (χ3v) is 3.38. The second-order valence-corrected chi connectivity index (χ2v) is 4.93. The fourth-order valence-electron chi connectivity index (χ4n) is 2.45. The zero-order valence-corrected chi connectivity index (χ0v) is 13.0. The molecule has 1 aromatic carbocycles. The van der Waals surface area contributed by atoms with Crippen molar-refractivity contribution < 1.29 is 14.2 Å². The fourth-order valence-corrected chi connectivity index (χ4v) is 2.45. The summed E-state index contributed by atoms with van der Waals surface area (Å²) < 4.78 is 16.2. The van der Waals surface area contributed by atoms with Crippen molar-refractivity contribution in [1.29, 1.82) is 0 Å². The lowest BCUT2D eigenvalue weighted by molar-refractivity contribution is 0.325. The predicted octanol–water partition coefficient (Wildman–Crippen LogP) is 2.81. The van der Waals surface area contributed by atoms with Gasteiger partial charge in [0.05, 0.1) is 27.0 Å². The maximum Gasteiger partial charge on any atom is 0.203 e. The number of anilines is 1. The Morgan fingerprint density at radius 2 is 1.71 bits per heavy atom. The van der Waals surface area contributed by atoms with Gasteiger partial charge < -0.3 is 19.9 Å². The molecule has 2 aromatic rings. The molecule has 1 heterocycles. The lowest BCUT2D eigenvalue weighted by Crippen LogP contribution is -1.99. The van der Waals surface area contributed by atoms with E-state index in [2.05, 4.69) is 24.0 Å². The van der Waals surface area contributed by atoms with Gasteiger partial charge >= 0.3 is 0 Å². The standard InChI is InChI=1S/C15H21N3O3/c1-8(2)11-12(17-18-15(11)16)9-6-7-10(19-3)14(21-5)13(9)20-4/h6-8H,1-5H3,(H3,16,17,18). The van der Waals surface area contributed by atoms with Gasteiger partial charge in [-0.05, 0) is 18.1 Å². The molecule has 0 saturated heterocycles. The highest BCUT2D eigenvalue weighted by Crippen LogP contribution is 2.45. The van der Waals surface area contributed by atoms with Gasteiger partial charge in [-0.3, -0.25) is 5.10 Å². The Kier molecular flexibility index (Phi) is 4.26. The Bertz CT molecular complexity index is 635. The average molecular weight is 291 g/mol. The molecule has 0 bridgehead atoms. The highest BCUT2D eigenvalue weighted by molar-refractivity contribution is 5.78. The number of hydrogen-bond acceptors (Lipinski definition) is 5. The maximum atomic E-state index is 5.96. The fraction of sp³-hybridized carbons (Fsp3) is 0.400. The van der Waals surface area contributed by atoms with Gasteiger partial charge in [0.15, 0.2) is 11.5 Å². The maximum absolute atomic E-state index is 5.96. The number of methoxy groups -OCH3 is 3. The van der Waals surface area contributed by atoms with Gasteiger partial charge in [-0.25, -0.2) is 0 Å². The normalized spacial score (nSPS) is 10.8. The molecule has 1 aromatic heterocycles. The molecule has 0 unspecified atom stereocenters. The summed E-state index contributed by atoms with van der Waals surface area (Å²) in [6.45, 7) is 4.13. The van der Waals surface area contributed by atoms with Gasteiger partial charge in [0.1, 0.15) is 5.82 Å². The van der Waals surface area contributed by atoms with E-state index >= 15 is 0 Å². The number of nitrogen functional groups attached to an aromatic ring is 1. The lowest BCUT2D eigenvalue weighted by atomic mass is 9.97. The molecule has 0 saturated carbocycles. The van der Waals surface area contributed by atoms with E-state index in [1.165, 1.54) is 0 Å². The van der Waals surface area contributed by atoms with E-state index in [9.17, 15) is 0 Å². The molecule has 0 spiro atoms. The van der Waals surface area contributed by atoms with Crippen molar-refractivity contribution in [2.24, 2.45) is 0 Å². The van der Waals surface area contributed by atoms with Crippen LogP contribution in [-0.2, 0) is 0 Å². The largest absolute Gasteiger partial charge is 0.493 e. The van der Waals surface area contributed by atoms with E-state index in [4.69, 9.17) is 19.9 Å². The van der Waals surface area contributed by atoms with Gasteiger partial charge in [-0.15, -0.1) is 0 Å². The van der Waals surface area contributed by atoms with Crippen LogP contribution < -0.4 is 19.9 Å². The molecular formula is C15H21N3O3. The topological polar surface area (TPSA) is 82.4 Å². The molecule has 0 aliphatic carbocycles. The van der Waals surface area contributed by atoms with Crippen molar-refractivity contribution in [1.82, 2.24) is 10.2 Å². The molecule has 0 fully saturated rings. The van der Waals surface area contributed by atoms with E-state index in [-0.39, 0.29) is 5.92 Å². The number of nitrogens with one attached hydrogen (secondary N) is 1. The number of ether oxygens (including phenoxy) is 3. The number of aromatic amines is 1. The van der Waals surface area contributed by atoms with Crippen LogP contribution in [-0.4, -0.2) is 31.5 Å². The minimum absolute atomic E-state index is 0.233. The summed E-state index contributed by atoms with van der Waals surface area (Å²) >= 11 is 0. The highest BCUT2D eigenvalue weighted by atomic mass is 16.5. The SMILES string of the molecule is COc1ccc(-c2[nH]nc(N)c2C(C)C)c(OC)c1OC. The summed E-state index contributed by atoms with van der Waals surface area (Å²) in [6, 6.07) is 3.73. The summed E-state index contributed by atoms with van der Waals surface area (Å²) in [5.41, 5.74) is 8.59. The third kappa shape index (κ3) is 2.49. The number of aromatic nitrogens is 2. The van der Waals surface area contributed by atoms with Gasteiger partial charge in [0, 0.05) is 11.1 Å². The van der Waals surface area contributed by atoms with E-state index in [0.29, 0.717) is 23.1 Å². The molecule has 2 rings (SSSR count). The van der Waals surface area contributed by atoms with Crippen LogP contribution in [0.4, 0.5) is 5.82 Å². The van der Waals surface area contributed by atoms with Gasteiger partial charge in [0.2, 0.25) is 5.75 Å². The van der Waals surface area contributed by atoms with Crippen molar-refractivity contribution in [2.45, 2.75) is 19.8 Å². The molecule has 0 radical (unpaired) electrons. The van der Waals surface area contributed by atoms with Crippen LogP contribution in [0.3, 0.4) is 0 Å². The Labute approximate surface area is 124 Å². The molecule has 114 valence electrons. The van der Waals surface area contributed by atoms with Crippen molar-refractivity contribution in [3.05, 3.63) is 17.7 Å². The van der Waals surface area contributed by atoms with Gasteiger partial charge in [-0.1, -0.05) is 13.8 Å². The molecule has 21 heavy (non-hydrogen) atoms. The van der Waals surface area contributed by atoms with E-state index in [1.54, 1.807) is 21.3 Å². The zero-order valence-electron chi connectivity index (χ0n) is 13.0. The van der Waals surface area contributed by atoms with Crippen molar-refractivity contribution >= 4 is 5.82 Å². The molecule has 0 atom stereocenters. The predicted molar refractivity (Wildman–Crippen MR) is 82.2 cm³/mol. The Balaban J connectivity index is 2.70. The van der Waals surface area contributed by atoms with Gasteiger partial charge in [0.25, 0.3) is 0 Å². The van der Waals surface area contributed by atoms with Crippen LogP contribution in [0.15, 0.2) is 12.1 Å². The minimum atomic E-state index is 0.233. The smallest absolute Gasteiger partial charge is 0.203 e. The number of hydrogen-bond donors (Lipinski definition) is 2. The number of benzene rings is 1. The van der Waals surface area contributed by atoms with E-state index < -0.39 is 0 Å². The second kappa shape index (κ2) is 5.95. The molecule has 0 aliphatic rings. The van der Waals surface area contributed by atoms with E-state index in [0.717, 1.165) is 16.8 Å². The number of nitrogens with zero attached hydrogens (tertiary/aromatic N) is 1. The Morgan fingerprint density at radius 1 is 1.05 bits per heavy atom. The number of H-pyrrole nitrogens is 1. The zero-order chi connectivity index (χ0) is 15.6. The second-order valence-electron chi connectivity index (χ2n) is 4.93. The minimum Gasteiger partial charge on any atom is -0.493 e. The van der Waals surface area contributed by atoms with Crippen molar-refractivity contribution in [3.63, 3.8) is 0 Å². The Morgan fingerprint density at radius 3 is 2.24 bits per heavy atom. The van der Waals surface area contributed by atoms with Crippen LogP contribution in [0.2, 0.25) is 0 Å². The van der Waals surface area contributed by atoms with Crippen LogP contribution in [0.25, 0.3) is 11.3 Å². The summed E-state index contributed by atoms with van der Waals surface area (Å²) in [5.74, 6) is 2.47. The summed E-state index contributed by atoms with van der Waals surface area (Å²) in [6.07, 6.45) is 0. The molecule has 6 nitrogen and oxygen atoms in total. The number of nitrogens with two attached hydrogens (primary N) is 1. The molecule has 0 amide bonds. The lowest BCUT2D eigenvalue weighted by Gasteiger charge is -2.16. The Hall–Kier alpha value is -2.37. The summed E-state index contributed by atoms with van der Waals surface area (Å²) in [7, 11) is 4.76. The average Bonchev–Trinajstić information content (AvgIpc) is 2.87. The van der Waals surface area contributed by atoms with Crippen LogP contribution in [0.1, 0.15) is 25.3 Å². The van der Waals surface area contributed by atoms with Crippen LogP contribution >= 0.6 is 0 Å². The van der Waals surface area contributed by atoms with E-state index in [1.807, 2.05) is 12.1 Å². The first-order chi connectivity index (χ1) is 10.0. The molecule has 6 heteroatoms.